The smallest absolute Gasteiger partial charge is 0.418 e. The van der Waals surface area contributed by atoms with Gasteiger partial charge in [-0.05, 0) is 23.8 Å². The Balaban J connectivity index is 2.14. The van der Waals surface area contributed by atoms with Gasteiger partial charge in [-0.15, -0.1) is 0 Å². The number of fused-ring (bicyclic) bond motifs is 1. The van der Waals surface area contributed by atoms with Crippen molar-refractivity contribution in [2.75, 3.05) is 4.90 Å². The van der Waals surface area contributed by atoms with Gasteiger partial charge in [0.2, 0.25) is 0 Å². The van der Waals surface area contributed by atoms with Crippen LogP contribution >= 0.6 is 0 Å². The second-order valence-electron chi connectivity index (χ2n) is 5.38. The molecule has 0 atom stereocenters. The molecule has 0 radical (unpaired) electrons. The summed E-state index contributed by atoms with van der Waals surface area (Å²) in [5.41, 5.74) is -2.02. The Morgan fingerprint density at radius 1 is 1.04 bits per heavy atom. The summed E-state index contributed by atoms with van der Waals surface area (Å²) in [5.74, 6) is -3.45. The lowest BCUT2D eigenvalue weighted by atomic mass is 10.0. The van der Waals surface area contributed by atoms with E-state index in [9.17, 15) is 32.7 Å². The number of ketones is 1. The van der Waals surface area contributed by atoms with Crippen molar-refractivity contribution in [3.63, 3.8) is 0 Å². The van der Waals surface area contributed by atoms with Crippen molar-refractivity contribution in [3.05, 3.63) is 64.7 Å². The molecule has 0 saturated carbocycles. The Hall–Kier alpha value is -3.16. The fraction of sp³-hybridized carbons (Fsp3) is 0.118. The fourth-order valence-corrected chi connectivity index (χ4v) is 2.77. The largest absolute Gasteiger partial charge is 0.478 e. The van der Waals surface area contributed by atoms with Crippen LogP contribution in [0.1, 0.15) is 31.8 Å². The van der Waals surface area contributed by atoms with Gasteiger partial charge in [0.1, 0.15) is 0 Å². The van der Waals surface area contributed by atoms with Crippen LogP contribution in [0.2, 0.25) is 0 Å². The highest BCUT2D eigenvalue weighted by Gasteiger charge is 2.44. The molecule has 1 heterocycles. The van der Waals surface area contributed by atoms with E-state index in [-0.39, 0.29) is 16.7 Å². The van der Waals surface area contributed by atoms with Crippen LogP contribution in [-0.4, -0.2) is 22.8 Å². The average Bonchev–Trinajstić information content (AvgIpc) is 2.79. The number of carboxylic acid groups (broad SMARTS) is 1. The van der Waals surface area contributed by atoms with Crippen LogP contribution in [0, 0.1) is 0 Å². The maximum Gasteiger partial charge on any atom is 0.418 e. The molecule has 0 unspecified atom stereocenters. The molecule has 0 aliphatic carbocycles. The number of amides is 1. The molecule has 0 bridgehead atoms. The highest BCUT2D eigenvalue weighted by atomic mass is 19.4. The number of nitrogens with zero attached hydrogens (tertiary/aromatic N) is 1. The van der Waals surface area contributed by atoms with E-state index in [1.165, 1.54) is 24.3 Å². The molecule has 25 heavy (non-hydrogen) atoms. The molecule has 2 aromatic rings. The van der Waals surface area contributed by atoms with Gasteiger partial charge in [0.05, 0.1) is 28.9 Å². The van der Waals surface area contributed by atoms with Gasteiger partial charge < -0.3 is 5.11 Å². The summed E-state index contributed by atoms with van der Waals surface area (Å²) in [7, 11) is 0. The van der Waals surface area contributed by atoms with E-state index in [1.54, 1.807) is 0 Å². The van der Waals surface area contributed by atoms with Crippen molar-refractivity contribution < 1.29 is 32.7 Å². The average molecular weight is 349 g/mol. The van der Waals surface area contributed by atoms with E-state index in [0.29, 0.717) is 4.90 Å². The highest BCUT2D eigenvalue weighted by Crippen LogP contribution is 2.42. The summed E-state index contributed by atoms with van der Waals surface area (Å²) in [6, 6.07) is 8.60. The van der Waals surface area contributed by atoms with Crippen LogP contribution in [0.4, 0.5) is 18.9 Å². The van der Waals surface area contributed by atoms with E-state index in [4.69, 9.17) is 0 Å². The summed E-state index contributed by atoms with van der Waals surface area (Å²) < 4.78 is 39.8. The molecule has 5 nitrogen and oxygen atoms in total. The van der Waals surface area contributed by atoms with E-state index < -0.39 is 41.6 Å². The van der Waals surface area contributed by atoms with Crippen molar-refractivity contribution in [2.24, 2.45) is 0 Å². The summed E-state index contributed by atoms with van der Waals surface area (Å²) in [6.07, 6.45) is -4.76. The molecule has 1 aliphatic heterocycles. The van der Waals surface area contributed by atoms with Gasteiger partial charge in [-0.1, -0.05) is 24.3 Å². The number of benzene rings is 2. The van der Waals surface area contributed by atoms with E-state index >= 15 is 0 Å². The van der Waals surface area contributed by atoms with Gasteiger partial charge in [0, 0.05) is 0 Å². The van der Waals surface area contributed by atoms with Crippen LogP contribution in [0.5, 0.6) is 0 Å². The molecule has 0 aromatic heterocycles. The number of alkyl halides is 3. The van der Waals surface area contributed by atoms with Crippen LogP contribution in [0.25, 0.3) is 0 Å². The molecule has 2 aromatic carbocycles. The molecule has 0 spiro atoms. The predicted molar refractivity (Wildman–Crippen MR) is 80.4 cm³/mol. The Bertz CT molecular complexity index is 905. The zero-order chi connectivity index (χ0) is 18.4. The summed E-state index contributed by atoms with van der Waals surface area (Å²) in [4.78, 5) is 36.2. The Morgan fingerprint density at radius 3 is 2.36 bits per heavy atom. The topological polar surface area (TPSA) is 74.7 Å². The minimum absolute atomic E-state index is 0.126. The van der Waals surface area contributed by atoms with Gasteiger partial charge in [0.25, 0.3) is 11.7 Å². The first kappa shape index (κ1) is 16.7. The Morgan fingerprint density at radius 2 is 1.72 bits per heavy atom. The minimum Gasteiger partial charge on any atom is -0.478 e. The third kappa shape index (κ3) is 2.75. The van der Waals surface area contributed by atoms with Crippen LogP contribution < -0.4 is 4.90 Å². The molecule has 8 heteroatoms. The van der Waals surface area contributed by atoms with Crippen molar-refractivity contribution in [1.29, 1.82) is 0 Å². The van der Waals surface area contributed by atoms with Crippen molar-refractivity contribution in [1.82, 2.24) is 0 Å². The predicted octanol–water partition coefficient (Wildman–Crippen LogP) is 3.13. The number of rotatable bonds is 3. The number of hydrogen-bond acceptors (Lipinski definition) is 3. The molecule has 0 saturated heterocycles. The first-order chi connectivity index (χ1) is 11.7. The molecular weight excluding hydrogens is 339 g/mol. The van der Waals surface area contributed by atoms with E-state index in [0.717, 1.165) is 18.2 Å². The standard InChI is InChI=1S/C17H10F3NO4/c18-17(19,20)12-7-3-6-11-13(12)21(15(23)14(11)22)8-9-4-1-2-5-10(9)16(24)25/h1-7H,8H2,(H,24,25). The highest BCUT2D eigenvalue weighted by molar-refractivity contribution is 6.52. The number of para-hydroxylation sites is 1. The Kier molecular flexibility index (Phi) is 3.82. The third-order valence-corrected chi connectivity index (χ3v) is 3.87. The minimum atomic E-state index is -4.76. The first-order valence-electron chi connectivity index (χ1n) is 7.09. The quantitative estimate of drug-likeness (QED) is 0.864. The Labute approximate surface area is 139 Å². The number of aromatic carboxylic acids is 1. The number of carbonyl (C=O) groups is 3. The van der Waals surface area contributed by atoms with Gasteiger partial charge in [-0.2, -0.15) is 13.2 Å². The monoisotopic (exact) mass is 349 g/mol. The van der Waals surface area contributed by atoms with E-state index in [1.807, 2.05) is 0 Å². The lowest BCUT2D eigenvalue weighted by Crippen LogP contribution is -2.31. The van der Waals surface area contributed by atoms with Crippen LogP contribution in [-0.2, 0) is 17.5 Å². The summed E-state index contributed by atoms with van der Waals surface area (Å²) in [6.45, 7) is -0.451. The number of Topliss-reactive ketones (excluding diaryl/α,β-unsaturated/α-hetero) is 1. The zero-order valence-corrected chi connectivity index (χ0v) is 12.5. The summed E-state index contributed by atoms with van der Waals surface area (Å²) in [5, 5.41) is 9.19. The van der Waals surface area contributed by atoms with Crippen molar-refractivity contribution >= 4 is 23.3 Å². The number of halogens is 3. The van der Waals surface area contributed by atoms with Gasteiger partial charge in [0.15, 0.2) is 0 Å². The number of carboxylic acids is 1. The number of carbonyl (C=O) groups excluding carboxylic acids is 2. The molecule has 3 rings (SSSR count). The summed E-state index contributed by atoms with van der Waals surface area (Å²) >= 11 is 0. The fourth-order valence-electron chi connectivity index (χ4n) is 2.77. The number of hydrogen-bond donors (Lipinski definition) is 1. The first-order valence-corrected chi connectivity index (χ1v) is 7.09. The lowest BCUT2D eigenvalue weighted by Gasteiger charge is -2.21. The maximum absolute atomic E-state index is 13.3. The van der Waals surface area contributed by atoms with Crippen molar-refractivity contribution in [2.45, 2.75) is 12.7 Å². The maximum atomic E-state index is 13.3. The van der Waals surface area contributed by atoms with Crippen molar-refractivity contribution in [3.8, 4) is 0 Å². The number of anilines is 1. The molecule has 0 fully saturated rings. The molecule has 1 amide bonds. The molecule has 1 aliphatic rings. The van der Waals surface area contributed by atoms with Gasteiger partial charge in [-0.3, -0.25) is 14.5 Å². The van der Waals surface area contributed by atoms with E-state index in [2.05, 4.69) is 0 Å². The normalized spacial score (nSPS) is 14.0. The molecule has 128 valence electrons. The second kappa shape index (κ2) is 5.73. The SMILES string of the molecule is O=C(O)c1ccccc1CN1C(=O)C(=O)c2cccc(C(F)(F)F)c21. The lowest BCUT2D eigenvalue weighted by molar-refractivity contribution is -0.137. The second-order valence-corrected chi connectivity index (χ2v) is 5.38. The van der Waals surface area contributed by atoms with Crippen LogP contribution in [0.3, 0.4) is 0 Å². The van der Waals surface area contributed by atoms with Gasteiger partial charge >= 0.3 is 12.1 Å². The van der Waals surface area contributed by atoms with Crippen LogP contribution in [0.15, 0.2) is 42.5 Å². The molecule has 1 N–H and O–H groups in total. The third-order valence-electron chi connectivity index (χ3n) is 3.87. The van der Waals surface area contributed by atoms with Gasteiger partial charge in [-0.25, -0.2) is 4.79 Å². The zero-order valence-electron chi connectivity index (χ0n) is 12.5. The molecular formula is C17H10F3NO4.